The number of hydrogen-bond donors (Lipinski definition) is 0. The lowest BCUT2D eigenvalue weighted by atomic mass is 9.94. The van der Waals surface area contributed by atoms with E-state index < -0.39 is 11.4 Å². The molecule has 1 aromatic rings. The number of carbonyl (C=O) groups is 1. The molecule has 16 heavy (non-hydrogen) atoms. The van der Waals surface area contributed by atoms with Crippen LogP contribution in [0.1, 0.15) is 31.6 Å². The normalized spacial score (nSPS) is 13.9. The van der Waals surface area contributed by atoms with Gasteiger partial charge in [-0.2, -0.15) is 9.64 Å². The van der Waals surface area contributed by atoms with Gasteiger partial charge in [-0.15, -0.1) is 0 Å². The third-order valence-corrected chi connectivity index (χ3v) is 3.09. The number of aromatic nitrogens is 2. The van der Waals surface area contributed by atoms with E-state index in [2.05, 4.69) is 9.36 Å². The molecule has 0 spiro atoms. The molecule has 0 amide bonds. The average Bonchev–Trinajstić information content (AvgIpc) is 2.77. The number of carbonyl (C=O) groups excluding carboxylic acids is 1. The van der Waals surface area contributed by atoms with Crippen LogP contribution in [-0.2, 0) is 21.4 Å². The van der Waals surface area contributed by atoms with Gasteiger partial charge in [-0.1, -0.05) is 6.92 Å². The number of nitriles is 1. The molecule has 0 aliphatic heterocycles. The number of nitrogens with zero attached hydrogens (tertiary/aromatic N) is 3. The summed E-state index contributed by atoms with van der Waals surface area (Å²) in [6.07, 6.45) is 0.681. The highest BCUT2D eigenvalue weighted by atomic mass is 32.1. The largest absolute Gasteiger partial charge is 0.464 e. The van der Waals surface area contributed by atoms with Crippen molar-refractivity contribution in [2.24, 2.45) is 0 Å². The van der Waals surface area contributed by atoms with Gasteiger partial charge in [0, 0.05) is 6.42 Å². The molecule has 1 atom stereocenters. The Morgan fingerprint density at radius 1 is 1.62 bits per heavy atom. The van der Waals surface area contributed by atoms with Crippen molar-refractivity contribution in [2.75, 3.05) is 6.61 Å². The molecule has 0 fully saturated rings. The molecule has 1 rings (SSSR count). The summed E-state index contributed by atoms with van der Waals surface area (Å²) in [5.41, 5.74) is -1.35. The van der Waals surface area contributed by atoms with E-state index >= 15 is 0 Å². The van der Waals surface area contributed by atoms with Crippen LogP contribution in [0, 0.1) is 11.3 Å². The van der Waals surface area contributed by atoms with Gasteiger partial charge in [-0.05, 0) is 25.4 Å². The van der Waals surface area contributed by atoms with Crippen LogP contribution in [0.15, 0.2) is 0 Å². The zero-order chi connectivity index (χ0) is 12.2. The molecule has 1 aromatic heterocycles. The first-order chi connectivity index (χ1) is 7.58. The highest BCUT2D eigenvalue weighted by Gasteiger charge is 2.40. The SMILES string of the molecule is CCOC(=O)C(C)(C#N)c1nc(CC)ns1. The number of rotatable bonds is 4. The Bertz CT molecular complexity index is 424. The van der Waals surface area contributed by atoms with Gasteiger partial charge in [0.2, 0.25) is 5.41 Å². The highest BCUT2D eigenvalue weighted by molar-refractivity contribution is 7.05. The molecule has 0 aromatic carbocycles. The van der Waals surface area contributed by atoms with E-state index in [9.17, 15) is 4.79 Å². The molecule has 1 unspecified atom stereocenters. The van der Waals surface area contributed by atoms with Gasteiger partial charge in [0.15, 0.2) is 0 Å². The Balaban J connectivity index is 3.05. The van der Waals surface area contributed by atoms with Crippen molar-refractivity contribution in [2.45, 2.75) is 32.6 Å². The smallest absolute Gasteiger partial charge is 0.333 e. The van der Waals surface area contributed by atoms with Gasteiger partial charge in [0.1, 0.15) is 10.8 Å². The number of aryl methyl sites for hydroxylation is 1. The molecule has 0 aliphatic rings. The number of hydrogen-bond acceptors (Lipinski definition) is 6. The quantitative estimate of drug-likeness (QED) is 0.743. The van der Waals surface area contributed by atoms with Gasteiger partial charge >= 0.3 is 5.97 Å². The fourth-order valence-electron chi connectivity index (χ4n) is 1.06. The minimum absolute atomic E-state index is 0.246. The second-order valence-electron chi connectivity index (χ2n) is 3.33. The van der Waals surface area contributed by atoms with Gasteiger partial charge in [0.05, 0.1) is 12.7 Å². The third kappa shape index (κ3) is 2.19. The standard InChI is InChI=1S/C10H13N3O2S/c1-4-7-12-8(16-13-7)10(3,6-11)9(14)15-5-2/h4-5H2,1-3H3. The Labute approximate surface area is 98.2 Å². The minimum atomic E-state index is -1.35. The van der Waals surface area contributed by atoms with Crippen molar-refractivity contribution in [1.82, 2.24) is 9.36 Å². The maximum atomic E-state index is 11.7. The summed E-state index contributed by atoms with van der Waals surface area (Å²) >= 11 is 1.08. The van der Waals surface area contributed by atoms with Crippen LogP contribution >= 0.6 is 11.5 Å². The van der Waals surface area contributed by atoms with E-state index in [4.69, 9.17) is 10.00 Å². The van der Waals surface area contributed by atoms with Crippen LogP contribution in [0.5, 0.6) is 0 Å². The predicted molar refractivity (Wildman–Crippen MR) is 58.9 cm³/mol. The van der Waals surface area contributed by atoms with Gasteiger partial charge in [-0.3, -0.25) is 0 Å². The molecule has 0 saturated heterocycles. The summed E-state index contributed by atoms with van der Waals surface area (Å²) in [7, 11) is 0. The molecule has 5 nitrogen and oxygen atoms in total. The first-order valence-corrected chi connectivity index (χ1v) is 5.77. The molecule has 0 N–H and O–H groups in total. The van der Waals surface area contributed by atoms with E-state index in [0.717, 1.165) is 11.5 Å². The minimum Gasteiger partial charge on any atom is -0.464 e. The van der Waals surface area contributed by atoms with Crippen molar-refractivity contribution in [3.63, 3.8) is 0 Å². The molecule has 6 heteroatoms. The molecule has 0 radical (unpaired) electrons. The highest BCUT2D eigenvalue weighted by Crippen LogP contribution is 2.26. The van der Waals surface area contributed by atoms with E-state index in [1.807, 2.05) is 13.0 Å². The fourth-order valence-corrected chi connectivity index (χ4v) is 1.88. The summed E-state index contributed by atoms with van der Waals surface area (Å²) in [5.74, 6) is 0.0714. The summed E-state index contributed by atoms with van der Waals surface area (Å²) in [6.45, 7) is 5.37. The molecule has 0 aliphatic carbocycles. The lowest BCUT2D eigenvalue weighted by Crippen LogP contribution is -2.32. The van der Waals surface area contributed by atoms with Crippen LogP contribution in [0.3, 0.4) is 0 Å². The van der Waals surface area contributed by atoms with E-state index in [0.29, 0.717) is 17.3 Å². The lowest BCUT2D eigenvalue weighted by Gasteiger charge is -2.15. The Morgan fingerprint density at radius 2 is 2.31 bits per heavy atom. The van der Waals surface area contributed by atoms with Crippen LogP contribution in [-0.4, -0.2) is 21.9 Å². The molecule has 0 saturated carbocycles. The monoisotopic (exact) mass is 239 g/mol. The van der Waals surface area contributed by atoms with Crippen molar-refractivity contribution in [1.29, 1.82) is 5.26 Å². The van der Waals surface area contributed by atoms with Crippen LogP contribution < -0.4 is 0 Å². The van der Waals surface area contributed by atoms with Crippen molar-refractivity contribution in [3.05, 3.63) is 10.8 Å². The topological polar surface area (TPSA) is 75.9 Å². The predicted octanol–water partition coefficient (Wildman–Crippen LogP) is 1.44. The van der Waals surface area contributed by atoms with Crippen LogP contribution in [0.25, 0.3) is 0 Å². The average molecular weight is 239 g/mol. The summed E-state index contributed by atoms with van der Waals surface area (Å²) in [4.78, 5) is 15.8. The number of esters is 1. The summed E-state index contributed by atoms with van der Waals surface area (Å²) < 4.78 is 8.94. The first kappa shape index (κ1) is 12.6. The summed E-state index contributed by atoms with van der Waals surface area (Å²) in [6, 6.07) is 1.95. The second-order valence-corrected chi connectivity index (χ2v) is 4.08. The third-order valence-electron chi connectivity index (χ3n) is 2.12. The Hall–Kier alpha value is -1.48. The van der Waals surface area contributed by atoms with Crippen LogP contribution in [0.4, 0.5) is 0 Å². The van der Waals surface area contributed by atoms with E-state index in [1.54, 1.807) is 6.92 Å². The zero-order valence-corrected chi connectivity index (χ0v) is 10.3. The Morgan fingerprint density at radius 3 is 2.75 bits per heavy atom. The maximum Gasteiger partial charge on any atom is 0.333 e. The maximum absolute atomic E-state index is 11.7. The van der Waals surface area contributed by atoms with Gasteiger partial charge < -0.3 is 4.74 Å². The molecular weight excluding hydrogens is 226 g/mol. The van der Waals surface area contributed by atoms with Crippen molar-refractivity contribution >= 4 is 17.5 Å². The van der Waals surface area contributed by atoms with Gasteiger partial charge in [0.25, 0.3) is 0 Å². The first-order valence-electron chi connectivity index (χ1n) is 5.00. The lowest BCUT2D eigenvalue weighted by molar-refractivity contribution is -0.147. The molecule has 1 heterocycles. The number of ether oxygens (including phenoxy) is 1. The van der Waals surface area contributed by atoms with Crippen LogP contribution in [0.2, 0.25) is 0 Å². The molecule has 0 bridgehead atoms. The zero-order valence-electron chi connectivity index (χ0n) is 9.48. The fraction of sp³-hybridized carbons (Fsp3) is 0.600. The van der Waals surface area contributed by atoms with Crippen molar-refractivity contribution < 1.29 is 9.53 Å². The second kappa shape index (κ2) is 5.03. The van der Waals surface area contributed by atoms with E-state index in [1.165, 1.54) is 6.92 Å². The van der Waals surface area contributed by atoms with Crippen molar-refractivity contribution in [3.8, 4) is 6.07 Å². The molecule has 86 valence electrons. The van der Waals surface area contributed by atoms with E-state index in [-0.39, 0.29) is 6.61 Å². The molecular formula is C10H13N3O2S. The summed E-state index contributed by atoms with van der Waals surface area (Å²) in [5, 5.41) is 9.50. The Kier molecular flexibility index (Phi) is 3.96. The van der Waals surface area contributed by atoms with Gasteiger partial charge in [-0.25, -0.2) is 9.78 Å².